The lowest BCUT2D eigenvalue weighted by atomic mass is 10.2. The van der Waals surface area contributed by atoms with E-state index in [0.717, 1.165) is 0 Å². The first-order chi connectivity index (χ1) is 29.2. The minimum Gasteiger partial charge on any atom is -0.497 e. The summed E-state index contributed by atoms with van der Waals surface area (Å²) in [5.74, 6) is 0.531. The van der Waals surface area contributed by atoms with Crippen LogP contribution >= 0.6 is 0 Å². The van der Waals surface area contributed by atoms with Crippen molar-refractivity contribution in [3.05, 3.63) is 97.1 Å². The van der Waals surface area contributed by atoms with Crippen LogP contribution < -0.4 is 38.5 Å². The number of carbonyl (C=O) groups is 4. The van der Waals surface area contributed by atoms with Crippen LogP contribution in [-0.2, 0) is 38.1 Å². The SMILES string of the molecule is COc1cccc(N2CCOCCN(c3cccc(OC)c3)C(=O)COCC(=O)N(c3cccc(OC)c3)CCOCCN(c3cccc(OC)c3)C(=O)COCC2=O)c1. The highest BCUT2D eigenvalue weighted by Crippen LogP contribution is 2.25. The Morgan fingerprint density at radius 1 is 0.367 bits per heavy atom. The van der Waals surface area contributed by atoms with E-state index in [4.69, 9.17) is 37.9 Å². The number of benzene rings is 4. The molecule has 1 aliphatic heterocycles. The third kappa shape index (κ3) is 12.9. The number of carbonyl (C=O) groups excluding carboxylic acids is 4. The van der Waals surface area contributed by atoms with Crippen molar-refractivity contribution in [1.29, 1.82) is 0 Å². The second-order valence-electron chi connectivity index (χ2n) is 13.2. The molecule has 0 N–H and O–H groups in total. The summed E-state index contributed by atoms with van der Waals surface area (Å²) in [6.45, 7) is -0.750. The molecular weight excluding hydrogens is 776 g/mol. The maximum absolute atomic E-state index is 13.7. The van der Waals surface area contributed by atoms with Gasteiger partial charge in [0, 0.05) is 73.2 Å². The number of rotatable bonds is 8. The van der Waals surface area contributed by atoms with E-state index in [1.165, 1.54) is 48.0 Å². The number of hydrogen-bond donors (Lipinski definition) is 0. The topological polar surface area (TPSA) is 155 Å². The Morgan fingerprint density at radius 2 is 0.600 bits per heavy atom. The molecule has 4 amide bonds. The molecule has 0 aromatic heterocycles. The van der Waals surface area contributed by atoms with Crippen molar-refractivity contribution in [3.63, 3.8) is 0 Å². The van der Waals surface area contributed by atoms with Crippen molar-refractivity contribution in [2.45, 2.75) is 0 Å². The highest BCUT2D eigenvalue weighted by molar-refractivity contribution is 5.97. The molecule has 0 atom stereocenters. The van der Waals surface area contributed by atoms with Gasteiger partial charge in [-0.2, -0.15) is 0 Å². The molecule has 0 spiro atoms. The Balaban J connectivity index is 1.39. The number of amides is 4. The molecule has 0 unspecified atom stereocenters. The van der Waals surface area contributed by atoms with Crippen LogP contribution in [0, 0.1) is 0 Å². The van der Waals surface area contributed by atoms with E-state index in [2.05, 4.69) is 0 Å². The van der Waals surface area contributed by atoms with Crippen molar-refractivity contribution in [2.24, 2.45) is 0 Å². The van der Waals surface area contributed by atoms with Crippen molar-refractivity contribution in [3.8, 4) is 23.0 Å². The van der Waals surface area contributed by atoms with Crippen LogP contribution in [0.2, 0.25) is 0 Å². The van der Waals surface area contributed by atoms with Crippen molar-refractivity contribution in [1.82, 2.24) is 0 Å². The smallest absolute Gasteiger partial charge is 0.253 e. The van der Waals surface area contributed by atoms with Gasteiger partial charge < -0.3 is 57.5 Å². The van der Waals surface area contributed by atoms with Crippen LogP contribution in [-0.4, -0.2) is 131 Å². The largest absolute Gasteiger partial charge is 0.497 e. The van der Waals surface area contributed by atoms with Crippen LogP contribution in [0.25, 0.3) is 0 Å². The number of anilines is 4. The summed E-state index contributed by atoms with van der Waals surface area (Å²) in [7, 11) is 6.13. The monoisotopic (exact) mass is 828 g/mol. The fourth-order valence-corrected chi connectivity index (χ4v) is 6.30. The Kier molecular flexibility index (Phi) is 17.5. The van der Waals surface area contributed by atoms with Crippen LogP contribution in [0.1, 0.15) is 0 Å². The second kappa shape index (κ2) is 23.4. The molecule has 1 aliphatic rings. The summed E-state index contributed by atoms with van der Waals surface area (Å²) >= 11 is 0. The summed E-state index contributed by atoms with van der Waals surface area (Å²) in [4.78, 5) is 60.8. The standard InChI is InChI=1S/C44H52N4O12/c1-53-37-13-5-9-33(25-37)45-17-21-57-22-18-46(34-10-6-14-38(26-34)54-2)43(51)31-60-32-44(52)48(36-12-8-16-40(28-36)56-4)20-24-58-23-19-47(42(50)30-59-29-41(45)49)35-11-7-15-39(27-35)55-3/h5-16,25-28H,17-24,29-32H2,1-4H3. The van der Waals surface area contributed by atoms with E-state index in [9.17, 15) is 19.2 Å². The van der Waals surface area contributed by atoms with Gasteiger partial charge in [-0.25, -0.2) is 0 Å². The zero-order valence-corrected chi connectivity index (χ0v) is 34.4. The van der Waals surface area contributed by atoms with Crippen LogP contribution in [0.5, 0.6) is 23.0 Å². The molecule has 5 rings (SSSR count). The van der Waals surface area contributed by atoms with E-state index >= 15 is 0 Å². The first-order valence-electron chi connectivity index (χ1n) is 19.3. The molecule has 16 nitrogen and oxygen atoms in total. The molecule has 0 bridgehead atoms. The number of hydrogen-bond acceptors (Lipinski definition) is 12. The van der Waals surface area contributed by atoms with Crippen LogP contribution in [0.3, 0.4) is 0 Å². The number of methoxy groups -OCH3 is 4. The third-order valence-corrected chi connectivity index (χ3v) is 9.40. The maximum atomic E-state index is 13.7. The van der Waals surface area contributed by atoms with Gasteiger partial charge in [0.25, 0.3) is 23.6 Å². The highest BCUT2D eigenvalue weighted by atomic mass is 16.5. The van der Waals surface area contributed by atoms with E-state index in [1.54, 1.807) is 97.1 Å². The summed E-state index contributed by atoms with van der Waals surface area (Å²) in [5.41, 5.74) is 2.16. The molecule has 60 heavy (non-hydrogen) atoms. The lowest BCUT2D eigenvalue weighted by Gasteiger charge is -2.26. The fourth-order valence-electron chi connectivity index (χ4n) is 6.30. The minimum atomic E-state index is -0.411. The van der Waals surface area contributed by atoms with E-state index in [-0.39, 0.29) is 52.6 Å². The molecule has 1 heterocycles. The quantitative estimate of drug-likeness (QED) is 0.250. The van der Waals surface area contributed by atoms with Crippen LogP contribution in [0.4, 0.5) is 22.7 Å². The summed E-state index contributed by atoms with van der Waals surface area (Å²) < 4.78 is 45.1. The summed E-state index contributed by atoms with van der Waals surface area (Å²) in [5, 5.41) is 0. The van der Waals surface area contributed by atoms with E-state index in [1.807, 2.05) is 0 Å². The average Bonchev–Trinajstić information content (AvgIpc) is 3.28. The van der Waals surface area contributed by atoms with E-state index in [0.29, 0.717) is 45.7 Å². The Labute approximate surface area is 349 Å². The predicted molar refractivity (Wildman–Crippen MR) is 225 cm³/mol. The molecule has 0 radical (unpaired) electrons. The van der Waals surface area contributed by atoms with Gasteiger partial charge in [-0.1, -0.05) is 24.3 Å². The van der Waals surface area contributed by atoms with Crippen molar-refractivity contribution in [2.75, 3.05) is 127 Å². The zero-order valence-electron chi connectivity index (χ0n) is 34.4. The fraction of sp³-hybridized carbons (Fsp3) is 0.364. The van der Waals surface area contributed by atoms with Crippen molar-refractivity contribution < 1.29 is 57.1 Å². The molecule has 16 heteroatoms. The molecule has 320 valence electrons. The molecule has 1 fully saturated rings. The second-order valence-corrected chi connectivity index (χ2v) is 13.2. The van der Waals surface area contributed by atoms with Gasteiger partial charge in [-0.15, -0.1) is 0 Å². The van der Waals surface area contributed by atoms with E-state index < -0.39 is 50.1 Å². The molecular formula is C44H52N4O12. The minimum absolute atomic E-state index is 0.0940. The number of ether oxygens (including phenoxy) is 8. The Bertz CT molecular complexity index is 1750. The molecule has 0 aliphatic carbocycles. The van der Waals surface area contributed by atoms with Gasteiger partial charge in [-0.05, 0) is 48.5 Å². The Hall–Kier alpha value is -6.20. The van der Waals surface area contributed by atoms with Gasteiger partial charge in [0.15, 0.2) is 0 Å². The maximum Gasteiger partial charge on any atom is 0.253 e. The molecule has 4 aromatic carbocycles. The van der Waals surface area contributed by atoms with Gasteiger partial charge in [0.05, 0.1) is 54.9 Å². The van der Waals surface area contributed by atoms with Gasteiger partial charge in [-0.3, -0.25) is 19.2 Å². The normalized spacial score (nSPS) is 16.6. The lowest BCUT2D eigenvalue weighted by Crippen LogP contribution is -2.41. The molecule has 1 saturated heterocycles. The summed E-state index contributed by atoms with van der Waals surface area (Å²) in [6, 6.07) is 28.0. The van der Waals surface area contributed by atoms with Crippen molar-refractivity contribution >= 4 is 46.4 Å². The average molecular weight is 829 g/mol. The highest BCUT2D eigenvalue weighted by Gasteiger charge is 2.23. The first kappa shape index (κ1) is 44.9. The lowest BCUT2D eigenvalue weighted by molar-refractivity contribution is -0.129. The predicted octanol–water partition coefficient (Wildman–Crippen LogP) is 4.23. The van der Waals surface area contributed by atoms with Gasteiger partial charge in [0.1, 0.15) is 49.4 Å². The van der Waals surface area contributed by atoms with Gasteiger partial charge in [0.2, 0.25) is 0 Å². The van der Waals surface area contributed by atoms with Gasteiger partial charge >= 0.3 is 0 Å². The number of nitrogens with zero attached hydrogens (tertiary/aromatic N) is 4. The summed E-state index contributed by atoms with van der Waals surface area (Å²) in [6.07, 6.45) is 0. The molecule has 0 saturated carbocycles. The Morgan fingerprint density at radius 3 is 0.817 bits per heavy atom. The zero-order chi connectivity index (χ0) is 42.7. The first-order valence-corrected chi connectivity index (χ1v) is 19.3. The van der Waals surface area contributed by atoms with Crippen LogP contribution in [0.15, 0.2) is 97.1 Å². The molecule has 4 aromatic rings. The third-order valence-electron chi connectivity index (χ3n) is 9.40.